The molecule has 0 aromatic rings. The number of amides is 1. The van der Waals surface area contributed by atoms with Gasteiger partial charge in [0.2, 0.25) is 5.91 Å². The SMILES string of the molecule is CCN1CCCC1CNC(=O)C1(C)CCCNC1.Cl.Cl. The fraction of sp³-hybridized carbons (Fsp3) is 0.929. The predicted molar refractivity (Wildman–Crippen MR) is 88.0 cm³/mol. The zero-order valence-corrected chi connectivity index (χ0v) is 14.2. The Morgan fingerprint density at radius 3 is 2.75 bits per heavy atom. The van der Waals surface area contributed by atoms with E-state index in [2.05, 4.69) is 29.4 Å². The van der Waals surface area contributed by atoms with Gasteiger partial charge in [0.25, 0.3) is 0 Å². The number of nitrogens with zero attached hydrogens (tertiary/aromatic N) is 1. The molecule has 120 valence electrons. The van der Waals surface area contributed by atoms with Crippen LogP contribution in [-0.4, -0.2) is 49.6 Å². The zero-order valence-electron chi connectivity index (χ0n) is 12.6. The molecule has 2 aliphatic rings. The van der Waals surface area contributed by atoms with Gasteiger partial charge in [0, 0.05) is 19.1 Å². The molecular formula is C14H29Cl2N3O. The summed E-state index contributed by atoms with van der Waals surface area (Å²) in [5.74, 6) is 0.234. The van der Waals surface area contributed by atoms with Crippen LogP contribution in [0.3, 0.4) is 0 Å². The molecule has 0 aromatic carbocycles. The van der Waals surface area contributed by atoms with Crippen molar-refractivity contribution >= 4 is 30.7 Å². The van der Waals surface area contributed by atoms with Crippen LogP contribution in [0, 0.1) is 5.41 Å². The van der Waals surface area contributed by atoms with Crippen molar-refractivity contribution < 1.29 is 4.79 Å². The molecule has 2 atom stereocenters. The Labute approximate surface area is 135 Å². The van der Waals surface area contributed by atoms with Gasteiger partial charge in [-0.2, -0.15) is 0 Å². The molecule has 0 aliphatic carbocycles. The van der Waals surface area contributed by atoms with Crippen LogP contribution in [0.5, 0.6) is 0 Å². The molecule has 0 aromatic heterocycles. The predicted octanol–water partition coefficient (Wildman–Crippen LogP) is 1.82. The number of halogens is 2. The molecule has 2 heterocycles. The van der Waals surface area contributed by atoms with Gasteiger partial charge in [-0.25, -0.2) is 0 Å². The average Bonchev–Trinajstić information content (AvgIpc) is 2.84. The number of piperidine rings is 1. The van der Waals surface area contributed by atoms with E-state index >= 15 is 0 Å². The molecule has 2 saturated heterocycles. The lowest BCUT2D eigenvalue weighted by Crippen LogP contribution is -2.51. The van der Waals surface area contributed by atoms with Crippen molar-refractivity contribution in [2.75, 3.05) is 32.7 Å². The van der Waals surface area contributed by atoms with E-state index in [9.17, 15) is 4.79 Å². The van der Waals surface area contributed by atoms with Gasteiger partial charge in [-0.1, -0.05) is 6.92 Å². The monoisotopic (exact) mass is 325 g/mol. The molecule has 0 spiro atoms. The second-order valence-corrected chi connectivity index (χ2v) is 5.98. The minimum Gasteiger partial charge on any atom is -0.354 e. The first-order valence-corrected chi connectivity index (χ1v) is 7.39. The molecule has 4 nitrogen and oxygen atoms in total. The second-order valence-electron chi connectivity index (χ2n) is 5.98. The lowest BCUT2D eigenvalue weighted by atomic mass is 9.82. The number of hydrogen-bond acceptors (Lipinski definition) is 3. The molecule has 2 unspecified atom stereocenters. The topological polar surface area (TPSA) is 44.4 Å². The molecule has 0 radical (unpaired) electrons. The minimum atomic E-state index is -0.200. The quantitative estimate of drug-likeness (QED) is 0.828. The normalized spacial score (nSPS) is 30.2. The number of carbonyl (C=O) groups is 1. The van der Waals surface area contributed by atoms with Gasteiger partial charge in [-0.3, -0.25) is 9.69 Å². The summed E-state index contributed by atoms with van der Waals surface area (Å²) in [7, 11) is 0. The van der Waals surface area contributed by atoms with Gasteiger partial charge in [-0.15, -0.1) is 24.8 Å². The summed E-state index contributed by atoms with van der Waals surface area (Å²) in [6.07, 6.45) is 4.61. The van der Waals surface area contributed by atoms with Gasteiger partial charge in [0.05, 0.1) is 5.41 Å². The highest BCUT2D eigenvalue weighted by molar-refractivity contribution is 5.85. The van der Waals surface area contributed by atoms with Crippen molar-refractivity contribution in [1.29, 1.82) is 0 Å². The molecular weight excluding hydrogens is 297 g/mol. The third-order valence-electron chi connectivity index (χ3n) is 4.55. The maximum absolute atomic E-state index is 12.3. The van der Waals surface area contributed by atoms with Gasteiger partial charge < -0.3 is 10.6 Å². The van der Waals surface area contributed by atoms with Crippen LogP contribution in [-0.2, 0) is 4.79 Å². The summed E-state index contributed by atoms with van der Waals surface area (Å²) in [6.45, 7) is 9.26. The lowest BCUT2D eigenvalue weighted by molar-refractivity contribution is -0.131. The van der Waals surface area contributed by atoms with Crippen LogP contribution in [0.15, 0.2) is 0 Å². The first-order valence-electron chi connectivity index (χ1n) is 7.39. The summed E-state index contributed by atoms with van der Waals surface area (Å²) in [5.41, 5.74) is -0.200. The van der Waals surface area contributed by atoms with E-state index in [0.717, 1.165) is 39.0 Å². The largest absolute Gasteiger partial charge is 0.354 e. The van der Waals surface area contributed by atoms with Crippen LogP contribution < -0.4 is 10.6 Å². The highest BCUT2D eigenvalue weighted by Crippen LogP contribution is 2.25. The smallest absolute Gasteiger partial charge is 0.227 e. The molecule has 2 fully saturated rings. The standard InChI is InChI=1S/C14H27N3O.2ClH/c1-3-17-9-4-6-12(17)10-16-13(18)14(2)7-5-8-15-11-14;;/h12,15H,3-11H2,1-2H3,(H,16,18);2*1H. The Hall–Kier alpha value is -0.0300. The summed E-state index contributed by atoms with van der Waals surface area (Å²) in [4.78, 5) is 14.8. The van der Waals surface area contributed by atoms with Crippen molar-refractivity contribution in [2.24, 2.45) is 5.41 Å². The van der Waals surface area contributed by atoms with E-state index in [1.165, 1.54) is 19.4 Å². The van der Waals surface area contributed by atoms with Crippen LogP contribution in [0.4, 0.5) is 0 Å². The summed E-state index contributed by atoms with van der Waals surface area (Å²) in [6, 6.07) is 0.555. The summed E-state index contributed by atoms with van der Waals surface area (Å²) >= 11 is 0. The summed E-state index contributed by atoms with van der Waals surface area (Å²) < 4.78 is 0. The Morgan fingerprint density at radius 2 is 2.15 bits per heavy atom. The van der Waals surface area contributed by atoms with E-state index in [1.54, 1.807) is 0 Å². The molecule has 2 rings (SSSR count). The van der Waals surface area contributed by atoms with Crippen molar-refractivity contribution in [3.8, 4) is 0 Å². The molecule has 0 bridgehead atoms. The van der Waals surface area contributed by atoms with Crippen LogP contribution in [0.25, 0.3) is 0 Å². The number of nitrogens with one attached hydrogen (secondary N) is 2. The molecule has 6 heteroatoms. The average molecular weight is 326 g/mol. The second kappa shape index (κ2) is 9.08. The Balaban J connectivity index is 0.00000180. The Bertz CT molecular complexity index is 296. The van der Waals surface area contributed by atoms with Crippen molar-refractivity contribution in [3.63, 3.8) is 0 Å². The highest BCUT2D eigenvalue weighted by Gasteiger charge is 2.35. The number of rotatable bonds is 4. The molecule has 1 amide bonds. The van der Waals surface area contributed by atoms with Crippen molar-refractivity contribution in [3.05, 3.63) is 0 Å². The van der Waals surface area contributed by atoms with Crippen molar-refractivity contribution in [1.82, 2.24) is 15.5 Å². The molecule has 2 aliphatic heterocycles. The van der Waals surface area contributed by atoms with Gasteiger partial charge in [0.1, 0.15) is 0 Å². The summed E-state index contributed by atoms with van der Waals surface area (Å²) in [5, 5.41) is 6.51. The van der Waals surface area contributed by atoms with Gasteiger partial charge in [0.15, 0.2) is 0 Å². The third-order valence-corrected chi connectivity index (χ3v) is 4.55. The fourth-order valence-electron chi connectivity index (χ4n) is 3.22. The highest BCUT2D eigenvalue weighted by atomic mass is 35.5. The molecule has 2 N–H and O–H groups in total. The zero-order chi connectivity index (χ0) is 13.0. The fourth-order valence-corrected chi connectivity index (χ4v) is 3.22. The molecule has 20 heavy (non-hydrogen) atoms. The first-order chi connectivity index (χ1) is 8.65. The van der Waals surface area contributed by atoms with Crippen LogP contribution >= 0.6 is 24.8 Å². The third kappa shape index (κ3) is 4.76. The van der Waals surface area contributed by atoms with Crippen molar-refractivity contribution in [2.45, 2.75) is 45.6 Å². The Morgan fingerprint density at radius 1 is 1.40 bits per heavy atom. The van der Waals surface area contributed by atoms with E-state index in [1.807, 2.05) is 0 Å². The maximum atomic E-state index is 12.3. The van der Waals surface area contributed by atoms with E-state index in [0.29, 0.717) is 6.04 Å². The van der Waals surface area contributed by atoms with Crippen LogP contribution in [0.2, 0.25) is 0 Å². The van der Waals surface area contributed by atoms with E-state index in [4.69, 9.17) is 0 Å². The van der Waals surface area contributed by atoms with E-state index < -0.39 is 0 Å². The first kappa shape index (κ1) is 20.0. The van der Waals surface area contributed by atoms with Crippen LogP contribution in [0.1, 0.15) is 39.5 Å². The number of likely N-dealkylation sites (tertiary alicyclic amines) is 1. The maximum Gasteiger partial charge on any atom is 0.227 e. The number of likely N-dealkylation sites (N-methyl/N-ethyl adjacent to an activating group) is 1. The number of hydrogen-bond donors (Lipinski definition) is 2. The lowest BCUT2D eigenvalue weighted by Gasteiger charge is -2.33. The van der Waals surface area contributed by atoms with E-state index in [-0.39, 0.29) is 36.1 Å². The minimum absolute atomic E-state index is 0. The van der Waals surface area contributed by atoms with Gasteiger partial charge in [-0.05, 0) is 52.2 Å². The number of carbonyl (C=O) groups excluding carboxylic acids is 1. The Kier molecular flexibility index (Phi) is 9.07. The van der Waals surface area contributed by atoms with Gasteiger partial charge >= 0.3 is 0 Å². The molecule has 0 saturated carbocycles.